The highest BCUT2D eigenvalue weighted by Gasteiger charge is 2.20. The Bertz CT molecular complexity index is 645. The summed E-state index contributed by atoms with van der Waals surface area (Å²) in [5.74, 6) is -0.259. The second kappa shape index (κ2) is 7.41. The summed E-state index contributed by atoms with van der Waals surface area (Å²) in [7, 11) is 0. The summed E-state index contributed by atoms with van der Waals surface area (Å²) >= 11 is 0. The van der Waals surface area contributed by atoms with Gasteiger partial charge < -0.3 is 9.84 Å². The lowest BCUT2D eigenvalue weighted by Gasteiger charge is -2.12. The molecule has 0 aliphatic rings. The standard InChI is InChI=1S/C18H19NO3/c1-3-22-18(21)17(15-8-10-16(20)11-9-15)19-12-14-6-4-13(2)5-7-14/h4-12,17,20H,3H2,1-2H3. The average molecular weight is 297 g/mol. The van der Waals surface area contributed by atoms with Gasteiger partial charge in [0.2, 0.25) is 0 Å². The van der Waals surface area contributed by atoms with E-state index in [9.17, 15) is 9.90 Å². The average Bonchev–Trinajstić information content (AvgIpc) is 2.51. The van der Waals surface area contributed by atoms with Gasteiger partial charge in [-0.05, 0) is 37.1 Å². The zero-order valence-corrected chi connectivity index (χ0v) is 12.7. The molecule has 4 heteroatoms. The van der Waals surface area contributed by atoms with Crippen molar-refractivity contribution in [2.45, 2.75) is 19.9 Å². The molecule has 0 radical (unpaired) electrons. The molecular weight excluding hydrogens is 278 g/mol. The van der Waals surface area contributed by atoms with Gasteiger partial charge in [-0.1, -0.05) is 42.0 Å². The van der Waals surface area contributed by atoms with Crippen LogP contribution >= 0.6 is 0 Å². The van der Waals surface area contributed by atoms with Crippen LogP contribution in [0, 0.1) is 6.92 Å². The van der Waals surface area contributed by atoms with Crippen LogP contribution in [0.5, 0.6) is 5.75 Å². The van der Waals surface area contributed by atoms with E-state index >= 15 is 0 Å². The zero-order chi connectivity index (χ0) is 15.9. The third-order valence-electron chi connectivity index (χ3n) is 3.17. The lowest BCUT2D eigenvalue weighted by Crippen LogP contribution is -2.14. The Kier molecular flexibility index (Phi) is 5.31. The number of hydrogen-bond donors (Lipinski definition) is 1. The molecule has 0 amide bonds. The van der Waals surface area contributed by atoms with Crippen molar-refractivity contribution in [3.05, 3.63) is 65.2 Å². The highest BCUT2D eigenvalue weighted by atomic mass is 16.5. The molecule has 0 bridgehead atoms. The molecule has 2 rings (SSSR count). The minimum Gasteiger partial charge on any atom is -0.508 e. The number of carbonyl (C=O) groups excluding carboxylic acids is 1. The fourth-order valence-corrected chi connectivity index (χ4v) is 1.97. The van der Waals surface area contributed by atoms with Crippen molar-refractivity contribution >= 4 is 12.2 Å². The Balaban J connectivity index is 2.26. The van der Waals surface area contributed by atoms with Crippen LogP contribution < -0.4 is 0 Å². The summed E-state index contributed by atoms with van der Waals surface area (Å²) in [5, 5.41) is 9.36. The van der Waals surface area contributed by atoms with E-state index in [4.69, 9.17) is 4.74 Å². The molecule has 0 fully saturated rings. The van der Waals surface area contributed by atoms with Gasteiger partial charge in [0.1, 0.15) is 5.75 Å². The van der Waals surface area contributed by atoms with Crippen molar-refractivity contribution in [3.8, 4) is 5.75 Å². The Morgan fingerprint density at radius 1 is 1.18 bits per heavy atom. The smallest absolute Gasteiger partial charge is 0.335 e. The predicted molar refractivity (Wildman–Crippen MR) is 86.3 cm³/mol. The zero-order valence-electron chi connectivity index (χ0n) is 12.7. The molecule has 0 saturated carbocycles. The number of hydrogen-bond acceptors (Lipinski definition) is 4. The number of rotatable bonds is 5. The Morgan fingerprint density at radius 3 is 2.41 bits per heavy atom. The molecule has 22 heavy (non-hydrogen) atoms. The second-order valence-electron chi connectivity index (χ2n) is 4.93. The molecule has 0 aromatic heterocycles. The summed E-state index contributed by atoms with van der Waals surface area (Å²) < 4.78 is 5.08. The Morgan fingerprint density at radius 2 is 1.82 bits per heavy atom. The normalized spacial score (nSPS) is 12.3. The molecular formula is C18H19NO3. The molecule has 1 N–H and O–H groups in total. The first kappa shape index (κ1) is 15.8. The van der Waals surface area contributed by atoms with Crippen LogP contribution in [0.2, 0.25) is 0 Å². The van der Waals surface area contributed by atoms with Crippen LogP contribution in [-0.2, 0) is 9.53 Å². The minimum atomic E-state index is -0.734. The van der Waals surface area contributed by atoms with Crippen molar-refractivity contribution in [2.75, 3.05) is 6.61 Å². The van der Waals surface area contributed by atoms with Crippen LogP contribution in [0.1, 0.15) is 29.7 Å². The van der Waals surface area contributed by atoms with Gasteiger partial charge in [0.15, 0.2) is 6.04 Å². The van der Waals surface area contributed by atoms with Crippen molar-refractivity contribution < 1.29 is 14.6 Å². The van der Waals surface area contributed by atoms with E-state index in [1.54, 1.807) is 25.3 Å². The van der Waals surface area contributed by atoms with E-state index in [1.807, 2.05) is 31.2 Å². The third-order valence-corrected chi connectivity index (χ3v) is 3.17. The number of aryl methyl sites for hydroxylation is 1. The first-order valence-electron chi connectivity index (χ1n) is 7.15. The molecule has 2 aromatic rings. The van der Waals surface area contributed by atoms with Gasteiger partial charge in [-0.2, -0.15) is 0 Å². The van der Waals surface area contributed by atoms with Gasteiger partial charge in [-0.15, -0.1) is 0 Å². The number of benzene rings is 2. The quantitative estimate of drug-likeness (QED) is 0.679. The largest absolute Gasteiger partial charge is 0.508 e. The monoisotopic (exact) mass is 297 g/mol. The first-order chi connectivity index (χ1) is 10.6. The number of aliphatic imine (C=N–C) groups is 1. The molecule has 114 valence electrons. The minimum absolute atomic E-state index is 0.147. The van der Waals surface area contributed by atoms with Crippen LogP contribution in [0.25, 0.3) is 0 Å². The van der Waals surface area contributed by atoms with Gasteiger partial charge in [0, 0.05) is 6.21 Å². The molecule has 2 aromatic carbocycles. The fraction of sp³-hybridized carbons (Fsp3) is 0.222. The SMILES string of the molecule is CCOC(=O)C(N=Cc1ccc(C)cc1)c1ccc(O)cc1. The van der Waals surface area contributed by atoms with Gasteiger partial charge in [-0.25, -0.2) is 4.79 Å². The predicted octanol–water partition coefficient (Wildman–Crippen LogP) is 3.42. The van der Waals surface area contributed by atoms with E-state index in [0.29, 0.717) is 12.2 Å². The van der Waals surface area contributed by atoms with Gasteiger partial charge in [-0.3, -0.25) is 4.99 Å². The van der Waals surface area contributed by atoms with E-state index in [1.165, 1.54) is 12.1 Å². The number of carbonyl (C=O) groups is 1. The number of aromatic hydroxyl groups is 1. The Labute approximate surface area is 130 Å². The number of nitrogens with zero attached hydrogens (tertiary/aromatic N) is 1. The van der Waals surface area contributed by atoms with Gasteiger partial charge in [0.25, 0.3) is 0 Å². The van der Waals surface area contributed by atoms with Crippen LogP contribution in [-0.4, -0.2) is 23.9 Å². The van der Waals surface area contributed by atoms with E-state index in [2.05, 4.69) is 4.99 Å². The highest BCUT2D eigenvalue weighted by Crippen LogP contribution is 2.21. The molecule has 0 spiro atoms. The lowest BCUT2D eigenvalue weighted by molar-refractivity contribution is -0.144. The molecule has 4 nitrogen and oxygen atoms in total. The number of phenols is 1. The van der Waals surface area contributed by atoms with Crippen molar-refractivity contribution in [1.29, 1.82) is 0 Å². The maximum Gasteiger partial charge on any atom is 0.335 e. The topological polar surface area (TPSA) is 58.9 Å². The summed E-state index contributed by atoms with van der Waals surface area (Å²) in [5.41, 5.74) is 2.76. The molecule has 1 atom stereocenters. The molecule has 0 aliphatic heterocycles. The third kappa shape index (κ3) is 4.19. The number of phenolic OH excluding ortho intramolecular Hbond substituents is 1. The maximum atomic E-state index is 12.1. The summed E-state index contributed by atoms with van der Waals surface area (Å²) in [6.45, 7) is 4.07. The molecule has 0 saturated heterocycles. The summed E-state index contributed by atoms with van der Waals surface area (Å²) in [4.78, 5) is 16.5. The molecule has 1 unspecified atom stereocenters. The number of esters is 1. The van der Waals surface area contributed by atoms with Crippen LogP contribution in [0.3, 0.4) is 0 Å². The summed E-state index contributed by atoms with van der Waals surface area (Å²) in [6.07, 6.45) is 1.66. The highest BCUT2D eigenvalue weighted by molar-refractivity contribution is 5.85. The fourth-order valence-electron chi connectivity index (χ4n) is 1.97. The van der Waals surface area contributed by atoms with Crippen molar-refractivity contribution in [2.24, 2.45) is 4.99 Å². The van der Waals surface area contributed by atoms with Crippen molar-refractivity contribution in [1.82, 2.24) is 0 Å². The first-order valence-corrected chi connectivity index (χ1v) is 7.15. The molecule has 0 aliphatic carbocycles. The molecule has 0 heterocycles. The van der Waals surface area contributed by atoms with Gasteiger partial charge >= 0.3 is 5.97 Å². The van der Waals surface area contributed by atoms with Crippen LogP contribution in [0.4, 0.5) is 0 Å². The van der Waals surface area contributed by atoms with E-state index in [-0.39, 0.29) is 5.75 Å². The second-order valence-corrected chi connectivity index (χ2v) is 4.93. The number of ether oxygens (including phenoxy) is 1. The maximum absolute atomic E-state index is 12.1. The van der Waals surface area contributed by atoms with Crippen LogP contribution in [0.15, 0.2) is 53.5 Å². The van der Waals surface area contributed by atoms with E-state index < -0.39 is 12.0 Å². The summed E-state index contributed by atoms with van der Waals surface area (Å²) in [6, 6.07) is 13.5. The van der Waals surface area contributed by atoms with Crippen molar-refractivity contribution in [3.63, 3.8) is 0 Å². The lowest BCUT2D eigenvalue weighted by atomic mass is 10.1. The van der Waals surface area contributed by atoms with Gasteiger partial charge in [0.05, 0.1) is 6.61 Å². The van der Waals surface area contributed by atoms with E-state index in [0.717, 1.165) is 11.1 Å². The Hall–Kier alpha value is -2.62.